The number of hydrogen-bond donors (Lipinski definition) is 1. The fraction of sp³-hybridized carbons (Fsp3) is 0.286. The van der Waals surface area contributed by atoms with E-state index in [-0.39, 0.29) is 0 Å². The maximum absolute atomic E-state index is 6.37. The van der Waals surface area contributed by atoms with E-state index in [1.807, 2.05) is 41.9 Å². The fourth-order valence-corrected chi connectivity index (χ4v) is 3.73. The van der Waals surface area contributed by atoms with Crippen molar-refractivity contribution in [3.8, 4) is 22.7 Å². The van der Waals surface area contributed by atoms with Gasteiger partial charge in [0.05, 0.1) is 12.8 Å². The van der Waals surface area contributed by atoms with Gasteiger partial charge in [-0.05, 0) is 56.0 Å². The maximum Gasteiger partial charge on any atom is 0.133 e. The predicted octanol–water partition coefficient (Wildman–Crippen LogP) is 5.26. The van der Waals surface area contributed by atoms with E-state index in [4.69, 9.17) is 21.4 Å². The molecular formula is C21H22ClN3O. The second-order valence-corrected chi connectivity index (χ2v) is 6.96. The highest BCUT2D eigenvalue weighted by Gasteiger charge is 2.24. The van der Waals surface area contributed by atoms with E-state index in [1.54, 1.807) is 7.11 Å². The van der Waals surface area contributed by atoms with Crippen LogP contribution >= 0.6 is 11.6 Å². The Morgan fingerprint density at radius 1 is 1.12 bits per heavy atom. The molecule has 5 heteroatoms. The average molecular weight is 368 g/mol. The van der Waals surface area contributed by atoms with Crippen molar-refractivity contribution in [3.63, 3.8) is 0 Å². The zero-order chi connectivity index (χ0) is 18.1. The number of rotatable bonds is 3. The Morgan fingerprint density at radius 3 is 2.81 bits per heavy atom. The lowest BCUT2D eigenvalue weighted by Crippen LogP contribution is -2.08. The largest absolute Gasteiger partial charge is 0.496 e. The molecule has 4 nitrogen and oxygen atoms in total. The molecule has 0 saturated carbocycles. The molecule has 0 radical (unpaired) electrons. The first-order valence-electron chi connectivity index (χ1n) is 8.95. The molecule has 26 heavy (non-hydrogen) atoms. The van der Waals surface area contributed by atoms with Gasteiger partial charge in [0, 0.05) is 22.7 Å². The first-order chi connectivity index (χ1) is 12.7. The highest BCUT2D eigenvalue weighted by molar-refractivity contribution is 6.31. The highest BCUT2D eigenvalue weighted by Crippen LogP contribution is 2.38. The van der Waals surface area contributed by atoms with E-state index in [0.717, 1.165) is 64.9 Å². The molecule has 0 bridgehead atoms. The van der Waals surface area contributed by atoms with E-state index >= 15 is 0 Å². The van der Waals surface area contributed by atoms with Crippen molar-refractivity contribution in [1.82, 2.24) is 9.78 Å². The summed E-state index contributed by atoms with van der Waals surface area (Å²) in [6, 6.07) is 14.0. The molecular weight excluding hydrogens is 346 g/mol. The van der Waals surface area contributed by atoms with Crippen LogP contribution in [0, 0.1) is 6.92 Å². The van der Waals surface area contributed by atoms with Crippen molar-refractivity contribution in [2.24, 2.45) is 0 Å². The third kappa shape index (κ3) is 2.84. The Hall–Kier alpha value is -2.46. The topological polar surface area (TPSA) is 39.1 Å². The summed E-state index contributed by atoms with van der Waals surface area (Å²) in [7, 11) is 1.70. The minimum Gasteiger partial charge on any atom is -0.496 e. The van der Waals surface area contributed by atoms with Gasteiger partial charge in [0.15, 0.2) is 0 Å². The number of methoxy groups -OCH3 is 1. The molecule has 4 rings (SSSR count). The number of aromatic nitrogens is 2. The van der Waals surface area contributed by atoms with Crippen LogP contribution in [0.5, 0.6) is 5.75 Å². The average Bonchev–Trinajstić information content (AvgIpc) is 2.85. The molecule has 0 saturated heterocycles. The Kier molecular flexibility index (Phi) is 4.60. The summed E-state index contributed by atoms with van der Waals surface area (Å²) < 4.78 is 7.59. The summed E-state index contributed by atoms with van der Waals surface area (Å²) in [5.41, 5.74) is 5.27. The number of ether oxygens (including phenoxy) is 1. The van der Waals surface area contributed by atoms with Crippen LogP contribution < -0.4 is 10.1 Å². The monoisotopic (exact) mass is 367 g/mol. The number of nitrogens with zero attached hydrogens (tertiary/aromatic N) is 2. The summed E-state index contributed by atoms with van der Waals surface area (Å²) in [6.07, 6.45) is 3.28. The van der Waals surface area contributed by atoms with Crippen LogP contribution in [0.2, 0.25) is 5.02 Å². The molecule has 0 unspecified atom stereocenters. The van der Waals surface area contributed by atoms with Gasteiger partial charge in [0.2, 0.25) is 0 Å². The van der Waals surface area contributed by atoms with Gasteiger partial charge >= 0.3 is 0 Å². The fourth-order valence-electron chi connectivity index (χ4n) is 3.56. The summed E-state index contributed by atoms with van der Waals surface area (Å²) in [5, 5.41) is 9.33. The van der Waals surface area contributed by atoms with Gasteiger partial charge < -0.3 is 10.1 Å². The van der Waals surface area contributed by atoms with Crippen molar-refractivity contribution < 1.29 is 4.74 Å². The van der Waals surface area contributed by atoms with Crippen molar-refractivity contribution in [2.75, 3.05) is 19.0 Å². The standard InChI is InChI=1S/C21H22ClN3O/c1-14-17(22)10-7-11-18(14)25-21-16(9-5-6-13-23-21)20(24-25)15-8-3-4-12-19(15)26-2/h3-4,7-8,10-12,23H,5-6,9,13H2,1-2H3. The van der Waals surface area contributed by atoms with E-state index in [0.29, 0.717) is 0 Å². The highest BCUT2D eigenvalue weighted by atomic mass is 35.5. The van der Waals surface area contributed by atoms with Crippen LogP contribution in [0.4, 0.5) is 5.82 Å². The van der Waals surface area contributed by atoms with Crippen molar-refractivity contribution >= 4 is 17.4 Å². The van der Waals surface area contributed by atoms with Gasteiger partial charge in [-0.25, -0.2) is 4.68 Å². The third-order valence-electron chi connectivity index (χ3n) is 4.96. The molecule has 0 atom stereocenters. The Morgan fingerprint density at radius 2 is 1.96 bits per heavy atom. The number of nitrogens with one attached hydrogen (secondary N) is 1. The molecule has 1 aliphatic heterocycles. The zero-order valence-electron chi connectivity index (χ0n) is 15.1. The quantitative estimate of drug-likeness (QED) is 0.686. The first-order valence-corrected chi connectivity index (χ1v) is 9.33. The van der Waals surface area contributed by atoms with Gasteiger partial charge in [0.1, 0.15) is 17.3 Å². The second kappa shape index (κ2) is 7.04. The molecule has 1 N–H and O–H groups in total. The van der Waals surface area contributed by atoms with Gasteiger partial charge in [-0.2, -0.15) is 5.10 Å². The lowest BCUT2D eigenvalue weighted by Gasteiger charge is -2.12. The third-order valence-corrected chi connectivity index (χ3v) is 5.37. The zero-order valence-corrected chi connectivity index (χ0v) is 15.8. The summed E-state index contributed by atoms with van der Waals surface area (Å²) in [4.78, 5) is 0. The smallest absolute Gasteiger partial charge is 0.133 e. The number of fused-ring (bicyclic) bond motifs is 1. The Bertz CT molecular complexity index is 948. The van der Waals surface area contributed by atoms with Gasteiger partial charge in [-0.1, -0.05) is 29.8 Å². The molecule has 2 aromatic carbocycles. The molecule has 1 aromatic heterocycles. The van der Waals surface area contributed by atoms with Crippen LogP contribution in [-0.2, 0) is 6.42 Å². The maximum atomic E-state index is 6.37. The summed E-state index contributed by atoms with van der Waals surface area (Å²) >= 11 is 6.37. The van der Waals surface area contributed by atoms with Crippen LogP contribution in [0.15, 0.2) is 42.5 Å². The number of para-hydroxylation sites is 1. The number of anilines is 1. The van der Waals surface area contributed by atoms with Gasteiger partial charge in [-0.3, -0.25) is 0 Å². The van der Waals surface area contributed by atoms with E-state index < -0.39 is 0 Å². The van der Waals surface area contributed by atoms with Crippen molar-refractivity contribution in [1.29, 1.82) is 0 Å². The molecule has 3 aromatic rings. The Balaban J connectivity index is 1.97. The Labute approximate surface area is 158 Å². The molecule has 0 fully saturated rings. The molecule has 134 valence electrons. The van der Waals surface area contributed by atoms with Gasteiger partial charge in [-0.15, -0.1) is 0 Å². The van der Waals surface area contributed by atoms with Crippen molar-refractivity contribution in [3.05, 3.63) is 58.6 Å². The minimum atomic E-state index is 0.749. The van der Waals surface area contributed by atoms with Crippen LogP contribution in [0.3, 0.4) is 0 Å². The van der Waals surface area contributed by atoms with E-state index in [1.165, 1.54) is 5.56 Å². The molecule has 1 aliphatic rings. The molecule has 2 heterocycles. The normalized spacial score (nSPS) is 13.7. The lowest BCUT2D eigenvalue weighted by atomic mass is 10.0. The summed E-state index contributed by atoms with van der Waals surface area (Å²) in [5.74, 6) is 1.90. The van der Waals surface area contributed by atoms with Crippen molar-refractivity contribution in [2.45, 2.75) is 26.2 Å². The predicted molar refractivity (Wildman–Crippen MR) is 107 cm³/mol. The van der Waals surface area contributed by atoms with Crippen LogP contribution in [0.1, 0.15) is 24.0 Å². The number of hydrogen-bond acceptors (Lipinski definition) is 3. The molecule has 0 spiro atoms. The second-order valence-electron chi connectivity index (χ2n) is 6.56. The minimum absolute atomic E-state index is 0.749. The van der Waals surface area contributed by atoms with Gasteiger partial charge in [0.25, 0.3) is 0 Å². The molecule has 0 aliphatic carbocycles. The number of halogens is 1. The molecule has 0 amide bonds. The number of benzene rings is 2. The summed E-state index contributed by atoms with van der Waals surface area (Å²) in [6.45, 7) is 2.98. The first kappa shape index (κ1) is 17.0. The van der Waals surface area contributed by atoms with Crippen LogP contribution in [-0.4, -0.2) is 23.4 Å². The SMILES string of the molecule is COc1ccccc1-c1nn(-c2cccc(Cl)c2C)c2c1CCCCN2. The lowest BCUT2D eigenvalue weighted by molar-refractivity contribution is 0.416. The van der Waals surface area contributed by atoms with E-state index in [2.05, 4.69) is 17.4 Å². The van der Waals surface area contributed by atoms with Crippen LogP contribution in [0.25, 0.3) is 16.9 Å². The van der Waals surface area contributed by atoms with E-state index in [9.17, 15) is 0 Å².